The predicted octanol–water partition coefficient (Wildman–Crippen LogP) is 1.79. The first-order valence-electron chi connectivity index (χ1n) is 3.35. The molecule has 4 nitrogen and oxygen atoms in total. The van der Waals surface area contributed by atoms with Crippen LogP contribution < -0.4 is 0 Å². The van der Waals surface area contributed by atoms with E-state index in [0.29, 0.717) is 6.20 Å². The van der Waals surface area contributed by atoms with Gasteiger partial charge in [-0.3, -0.25) is 0 Å². The van der Waals surface area contributed by atoms with Crippen molar-refractivity contribution in [3.63, 3.8) is 0 Å². The summed E-state index contributed by atoms with van der Waals surface area (Å²) in [4.78, 5) is 1.46. The molecule has 1 heterocycles. The number of hydrogen-bond donors (Lipinski definition) is 1. The van der Waals surface area contributed by atoms with E-state index in [9.17, 15) is 21.6 Å². The standard InChI is InChI=1S/C6H3ClF3NO3S/c7-15(13,14)5-2(12)1-11-4(3(5)8)6(9)10/h1,6,12H. The third-order valence-electron chi connectivity index (χ3n) is 1.43. The number of alkyl halides is 2. The van der Waals surface area contributed by atoms with E-state index >= 15 is 0 Å². The Balaban J connectivity index is 3.59. The van der Waals surface area contributed by atoms with Crippen molar-refractivity contribution in [1.29, 1.82) is 0 Å². The molecule has 0 amide bonds. The van der Waals surface area contributed by atoms with E-state index in [1.807, 2.05) is 0 Å². The number of halogens is 4. The maximum Gasteiger partial charge on any atom is 0.283 e. The lowest BCUT2D eigenvalue weighted by molar-refractivity contribution is 0.139. The summed E-state index contributed by atoms with van der Waals surface area (Å²) >= 11 is 0. The second kappa shape index (κ2) is 3.86. The van der Waals surface area contributed by atoms with E-state index in [1.165, 1.54) is 0 Å². The zero-order valence-corrected chi connectivity index (χ0v) is 8.36. The van der Waals surface area contributed by atoms with Crippen molar-refractivity contribution in [3.05, 3.63) is 17.7 Å². The molecule has 1 rings (SSSR count). The monoisotopic (exact) mass is 261 g/mol. The Hall–Kier alpha value is -1.02. The number of hydrogen-bond acceptors (Lipinski definition) is 4. The Morgan fingerprint density at radius 3 is 2.40 bits per heavy atom. The van der Waals surface area contributed by atoms with Gasteiger partial charge in [0.2, 0.25) is 0 Å². The van der Waals surface area contributed by atoms with E-state index in [4.69, 9.17) is 15.8 Å². The van der Waals surface area contributed by atoms with Crippen molar-refractivity contribution in [2.24, 2.45) is 0 Å². The fourth-order valence-corrected chi connectivity index (χ4v) is 1.92. The zero-order chi connectivity index (χ0) is 11.8. The van der Waals surface area contributed by atoms with Gasteiger partial charge in [0.25, 0.3) is 15.5 Å². The highest BCUT2D eigenvalue weighted by molar-refractivity contribution is 8.13. The minimum Gasteiger partial charge on any atom is -0.505 e. The van der Waals surface area contributed by atoms with Gasteiger partial charge in [-0.2, -0.15) is 0 Å². The molecule has 15 heavy (non-hydrogen) atoms. The van der Waals surface area contributed by atoms with Gasteiger partial charge >= 0.3 is 0 Å². The summed E-state index contributed by atoms with van der Waals surface area (Å²) in [5, 5.41) is 8.92. The van der Waals surface area contributed by atoms with Gasteiger partial charge in [0.15, 0.2) is 16.5 Å². The summed E-state index contributed by atoms with van der Waals surface area (Å²) in [6, 6.07) is 0. The maximum atomic E-state index is 13.1. The first-order chi connectivity index (χ1) is 6.75. The molecule has 1 aromatic heterocycles. The van der Waals surface area contributed by atoms with Crippen molar-refractivity contribution in [2.45, 2.75) is 11.3 Å². The number of pyridine rings is 1. The highest BCUT2D eigenvalue weighted by Crippen LogP contribution is 2.32. The van der Waals surface area contributed by atoms with Crippen LogP contribution in [0.5, 0.6) is 5.75 Å². The van der Waals surface area contributed by atoms with Gasteiger partial charge < -0.3 is 5.11 Å². The fraction of sp³-hybridized carbons (Fsp3) is 0.167. The van der Waals surface area contributed by atoms with Gasteiger partial charge in [0.1, 0.15) is 5.69 Å². The van der Waals surface area contributed by atoms with Gasteiger partial charge in [-0.25, -0.2) is 26.6 Å². The number of nitrogens with zero attached hydrogens (tertiary/aromatic N) is 1. The molecule has 84 valence electrons. The first-order valence-corrected chi connectivity index (χ1v) is 5.66. The smallest absolute Gasteiger partial charge is 0.283 e. The highest BCUT2D eigenvalue weighted by atomic mass is 35.7. The maximum absolute atomic E-state index is 13.1. The zero-order valence-electron chi connectivity index (χ0n) is 6.79. The molecule has 1 aromatic rings. The third kappa shape index (κ3) is 2.32. The molecule has 0 unspecified atom stereocenters. The molecular formula is C6H3ClF3NO3S. The van der Waals surface area contributed by atoms with E-state index in [0.717, 1.165) is 0 Å². The van der Waals surface area contributed by atoms with Crippen LogP contribution in [0.1, 0.15) is 12.1 Å². The number of aromatic nitrogens is 1. The quantitative estimate of drug-likeness (QED) is 0.824. The van der Waals surface area contributed by atoms with Crippen molar-refractivity contribution >= 4 is 19.7 Å². The Kier molecular flexibility index (Phi) is 3.10. The third-order valence-corrected chi connectivity index (χ3v) is 2.77. The second-order valence-electron chi connectivity index (χ2n) is 2.41. The van der Waals surface area contributed by atoms with E-state index in [2.05, 4.69) is 4.98 Å². The molecule has 0 aliphatic heterocycles. The van der Waals surface area contributed by atoms with Crippen LogP contribution in [0.4, 0.5) is 13.2 Å². The Bertz CT molecular complexity index is 491. The molecule has 0 aliphatic rings. The molecule has 1 N–H and O–H groups in total. The lowest BCUT2D eigenvalue weighted by Gasteiger charge is -2.05. The van der Waals surface area contributed by atoms with Crippen LogP contribution in [0, 0.1) is 5.82 Å². The summed E-state index contributed by atoms with van der Waals surface area (Å²) in [5.74, 6) is -2.97. The summed E-state index contributed by atoms with van der Waals surface area (Å²) in [6.45, 7) is 0. The average molecular weight is 262 g/mol. The van der Waals surface area contributed by atoms with Crippen molar-refractivity contribution in [2.75, 3.05) is 0 Å². The SMILES string of the molecule is O=S(=O)(Cl)c1c(O)cnc(C(F)F)c1F. The van der Waals surface area contributed by atoms with Crippen molar-refractivity contribution in [3.8, 4) is 5.75 Å². The van der Waals surface area contributed by atoms with Crippen LogP contribution in [0.15, 0.2) is 11.1 Å². The number of aromatic hydroxyl groups is 1. The van der Waals surface area contributed by atoms with E-state index in [1.54, 1.807) is 0 Å². The Morgan fingerprint density at radius 2 is 2.00 bits per heavy atom. The molecule has 0 saturated heterocycles. The summed E-state index contributed by atoms with van der Waals surface area (Å²) in [5.41, 5.74) is -1.38. The molecule has 9 heteroatoms. The van der Waals surface area contributed by atoms with Gasteiger partial charge in [0, 0.05) is 10.7 Å². The highest BCUT2D eigenvalue weighted by Gasteiger charge is 2.28. The van der Waals surface area contributed by atoms with Gasteiger partial charge in [0.05, 0.1) is 6.20 Å². The second-order valence-corrected chi connectivity index (χ2v) is 4.91. The fourth-order valence-electron chi connectivity index (χ4n) is 0.859. The van der Waals surface area contributed by atoms with Crippen LogP contribution in [0.3, 0.4) is 0 Å². The topological polar surface area (TPSA) is 67.3 Å². The normalized spacial score (nSPS) is 12.1. The molecule has 0 radical (unpaired) electrons. The van der Waals surface area contributed by atoms with Crippen LogP contribution in [0.25, 0.3) is 0 Å². The molecule has 0 aliphatic carbocycles. The van der Waals surface area contributed by atoms with E-state index in [-0.39, 0.29) is 0 Å². The molecule has 0 saturated carbocycles. The minimum atomic E-state index is -4.65. The Morgan fingerprint density at radius 1 is 1.47 bits per heavy atom. The van der Waals surface area contributed by atoms with E-state index < -0.39 is 37.6 Å². The Labute approximate surface area is 86.7 Å². The summed E-state index contributed by atoms with van der Waals surface area (Å²) < 4.78 is 58.8. The molecule has 0 aromatic carbocycles. The van der Waals surface area contributed by atoms with Crippen LogP contribution in [0.2, 0.25) is 0 Å². The molecule has 0 fully saturated rings. The number of rotatable bonds is 2. The minimum absolute atomic E-state index is 0.389. The molecule has 0 atom stereocenters. The summed E-state index contributed by atoms with van der Waals surface area (Å²) in [7, 11) is 0.0990. The molecular weight excluding hydrogens is 259 g/mol. The molecule has 0 spiro atoms. The van der Waals surface area contributed by atoms with Crippen molar-refractivity contribution < 1.29 is 26.7 Å². The van der Waals surface area contributed by atoms with Crippen LogP contribution in [-0.4, -0.2) is 18.5 Å². The first kappa shape index (κ1) is 12.1. The summed E-state index contributed by atoms with van der Waals surface area (Å²) in [6.07, 6.45) is -2.91. The largest absolute Gasteiger partial charge is 0.505 e. The van der Waals surface area contributed by atoms with Gasteiger partial charge in [-0.1, -0.05) is 0 Å². The van der Waals surface area contributed by atoms with Crippen molar-refractivity contribution in [1.82, 2.24) is 4.98 Å². The lowest BCUT2D eigenvalue weighted by atomic mass is 10.3. The van der Waals surface area contributed by atoms with Crippen LogP contribution in [-0.2, 0) is 9.05 Å². The van der Waals surface area contributed by atoms with Crippen LogP contribution >= 0.6 is 10.7 Å². The molecule has 0 bridgehead atoms. The average Bonchev–Trinajstić information content (AvgIpc) is 2.00. The predicted molar refractivity (Wildman–Crippen MR) is 43.9 cm³/mol. The van der Waals surface area contributed by atoms with Gasteiger partial charge in [-0.05, 0) is 0 Å². The van der Waals surface area contributed by atoms with Gasteiger partial charge in [-0.15, -0.1) is 0 Å². The lowest BCUT2D eigenvalue weighted by Crippen LogP contribution is -2.03.